The largest absolute Gasteiger partial charge is 0.422 e. The van der Waals surface area contributed by atoms with Gasteiger partial charge in [-0.3, -0.25) is 4.79 Å². The minimum absolute atomic E-state index is 0.0526. The summed E-state index contributed by atoms with van der Waals surface area (Å²) in [7, 11) is 0. The normalized spacial score (nSPS) is 13.1. The zero-order valence-corrected chi connectivity index (χ0v) is 13.3. The van der Waals surface area contributed by atoms with Gasteiger partial charge in [-0.15, -0.1) is 13.0 Å². The molecule has 4 heteroatoms. The summed E-state index contributed by atoms with van der Waals surface area (Å²) in [6, 6.07) is 7.04. The van der Waals surface area contributed by atoms with Crippen LogP contribution in [0.3, 0.4) is 0 Å². The quantitative estimate of drug-likeness (QED) is 0.524. The molecule has 1 aromatic carbocycles. The Morgan fingerprint density at radius 3 is 2.87 bits per heavy atom. The van der Waals surface area contributed by atoms with E-state index in [0.717, 1.165) is 5.56 Å². The van der Waals surface area contributed by atoms with Gasteiger partial charge in [-0.2, -0.15) is 0 Å². The highest BCUT2D eigenvalue weighted by Crippen LogP contribution is 2.19. The van der Waals surface area contributed by atoms with E-state index in [9.17, 15) is 9.59 Å². The monoisotopic (exact) mass is 309 g/mol. The van der Waals surface area contributed by atoms with E-state index in [1.807, 2.05) is 19.1 Å². The molecule has 1 N–H and O–H groups in total. The summed E-state index contributed by atoms with van der Waals surface area (Å²) in [5, 5.41) is 3.39. The number of carbonyl (C=O) groups is 1. The van der Waals surface area contributed by atoms with Crippen LogP contribution in [0.4, 0.5) is 0 Å². The molecule has 2 rings (SSSR count). The molecule has 0 saturated carbocycles. The fourth-order valence-electron chi connectivity index (χ4n) is 2.22. The van der Waals surface area contributed by atoms with Crippen molar-refractivity contribution >= 4 is 16.9 Å². The van der Waals surface area contributed by atoms with Gasteiger partial charge in [0.1, 0.15) is 11.1 Å². The van der Waals surface area contributed by atoms with Gasteiger partial charge in [-0.05, 0) is 31.4 Å². The Balaban J connectivity index is 2.49. The lowest BCUT2D eigenvalue weighted by molar-refractivity contribution is 0.0920. The molecule has 118 valence electrons. The first-order chi connectivity index (χ1) is 10.9. The maximum Gasteiger partial charge on any atom is 0.349 e. The van der Waals surface area contributed by atoms with Gasteiger partial charge in [0.2, 0.25) is 0 Å². The predicted octanol–water partition coefficient (Wildman–Crippen LogP) is 3.05. The second kappa shape index (κ2) is 6.53. The van der Waals surface area contributed by atoms with Crippen LogP contribution >= 0.6 is 0 Å². The van der Waals surface area contributed by atoms with Crippen molar-refractivity contribution in [2.24, 2.45) is 0 Å². The van der Waals surface area contributed by atoms with Crippen LogP contribution in [0.15, 0.2) is 46.1 Å². The number of terminal acetylenes is 1. The molecule has 0 unspecified atom stereocenters. The standard InChI is InChI=1S/C19H19NO3/c1-5-9-13-10-8-11-14-12-15(18(22)23-16(13)14)17(21)20-19(4,6-2)7-3/h2,5,8,10-12H,1,7,9H2,3-4H3,(H,20,21)/t19-/m1/s1. The lowest BCUT2D eigenvalue weighted by Crippen LogP contribution is -2.45. The molecule has 23 heavy (non-hydrogen) atoms. The van der Waals surface area contributed by atoms with Crippen molar-refractivity contribution in [3.8, 4) is 12.3 Å². The number of amides is 1. The van der Waals surface area contributed by atoms with Gasteiger partial charge in [0, 0.05) is 5.39 Å². The number of nitrogens with one attached hydrogen (secondary N) is 1. The lowest BCUT2D eigenvalue weighted by Gasteiger charge is -2.23. The second-order valence-corrected chi connectivity index (χ2v) is 5.56. The van der Waals surface area contributed by atoms with E-state index in [1.54, 1.807) is 19.1 Å². The van der Waals surface area contributed by atoms with E-state index in [4.69, 9.17) is 10.8 Å². The first kappa shape index (κ1) is 16.6. The summed E-state index contributed by atoms with van der Waals surface area (Å²) in [4.78, 5) is 24.6. The van der Waals surface area contributed by atoms with Crippen molar-refractivity contribution in [3.63, 3.8) is 0 Å². The Bertz CT molecular complexity index is 857. The summed E-state index contributed by atoms with van der Waals surface area (Å²) in [6.07, 6.45) is 8.31. The van der Waals surface area contributed by atoms with Crippen molar-refractivity contribution in [3.05, 3.63) is 58.5 Å². The number of hydrogen-bond donors (Lipinski definition) is 1. The Morgan fingerprint density at radius 2 is 2.26 bits per heavy atom. The molecule has 1 heterocycles. The van der Waals surface area contributed by atoms with Crippen molar-refractivity contribution in [2.75, 3.05) is 0 Å². The summed E-state index contributed by atoms with van der Waals surface area (Å²) < 4.78 is 5.36. The third-order valence-corrected chi connectivity index (χ3v) is 3.87. The first-order valence-electron chi connectivity index (χ1n) is 7.41. The van der Waals surface area contributed by atoms with Crippen LogP contribution in [-0.4, -0.2) is 11.4 Å². The first-order valence-corrected chi connectivity index (χ1v) is 7.41. The summed E-state index contributed by atoms with van der Waals surface area (Å²) in [5.74, 6) is 2.01. The van der Waals surface area contributed by atoms with Gasteiger partial charge >= 0.3 is 5.63 Å². The van der Waals surface area contributed by atoms with E-state index >= 15 is 0 Å². The lowest BCUT2D eigenvalue weighted by atomic mass is 9.99. The number of rotatable bonds is 5. The van der Waals surface area contributed by atoms with Gasteiger partial charge in [-0.25, -0.2) is 4.79 Å². The van der Waals surface area contributed by atoms with Gasteiger partial charge < -0.3 is 9.73 Å². The van der Waals surface area contributed by atoms with Crippen LogP contribution in [-0.2, 0) is 6.42 Å². The molecule has 0 fully saturated rings. The molecule has 0 aliphatic rings. The fourth-order valence-corrected chi connectivity index (χ4v) is 2.22. The van der Waals surface area contributed by atoms with Crippen molar-refractivity contribution in [2.45, 2.75) is 32.2 Å². The third-order valence-electron chi connectivity index (χ3n) is 3.87. The molecule has 0 spiro atoms. The van der Waals surface area contributed by atoms with Gasteiger partial charge in [0.15, 0.2) is 0 Å². The molecule has 0 bridgehead atoms. The Hall–Kier alpha value is -2.80. The molecule has 1 amide bonds. The summed E-state index contributed by atoms with van der Waals surface area (Å²) in [6.45, 7) is 7.28. The molecular weight excluding hydrogens is 290 g/mol. The van der Waals surface area contributed by atoms with E-state index in [1.165, 1.54) is 6.07 Å². The Kier molecular flexibility index (Phi) is 4.71. The van der Waals surface area contributed by atoms with Crippen LogP contribution in [0.5, 0.6) is 0 Å². The molecule has 2 aromatic rings. The van der Waals surface area contributed by atoms with Crippen LogP contribution in [0.25, 0.3) is 11.0 Å². The number of hydrogen-bond acceptors (Lipinski definition) is 3. The second-order valence-electron chi connectivity index (χ2n) is 5.56. The number of para-hydroxylation sites is 1. The predicted molar refractivity (Wildman–Crippen MR) is 91.4 cm³/mol. The van der Waals surface area contributed by atoms with E-state index < -0.39 is 17.1 Å². The molecular formula is C19H19NO3. The average Bonchev–Trinajstić information content (AvgIpc) is 2.55. The van der Waals surface area contributed by atoms with Crippen LogP contribution in [0.2, 0.25) is 0 Å². The summed E-state index contributed by atoms with van der Waals surface area (Å²) >= 11 is 0. The smallest absolute Gasteiger partial charge is 0.349 e. The zero-order valence-electron chi connectivity index (χ0n) is 13.3. The molecule has 1 aromatic heterocycles. The molecule has 0 aliphatic heterocycles. The van der Waals surface area contributed by atoms with Crippen molar-refractivity contribution in [1.29, 1.82) is 0 Å². The minimum atomic E-state index is -0.802. The highest BCUT2D eigenvalue weighted by molar-refractivity contribution is 5.97. The van der Waals surface area contributed by atoms with Crippen LogP contribution in [0, 0.1) is 12.3 Å². The van der Waals surface area contributed by atoms with Crippen LogP contribution in [0.1, 0.15) is 36.2 Å². The topological polar surface area (TPSA) is 59.3 Å². The highest BCUT2D eigenvalue weighted by atomic mass is 16.4. The molecule has 0 saturated heterocycles. The number of carbonyl (C=O) groups excluding carboxylic acids is 1. The van der Waals surface area contributed by atoms with Crippen molar-refractivity contribution in [1.82, 2.24) is 5.32 Å². The molecule has 1 atom stereocenters. The minimum Gasteiger partial charge on any atom is -0.422 e. The molecule has 0 radical (unpaired) electrons. The zero-order chi connectivity index (χ0) is 17.0. The number of fused-ring (bicyclic) bond motifs is 1. The SMILES string of the molecule is C#C[C@](C)(CC)NC(=O)c1cc2cccc(CC=C)c2oc1=O. The molecule has 4 nitrogen and oxygen atoms in total. The third kappa shape index (κ3) is 3.35. The van der Waals surface area contributed by atoms with E-state index in [-0.39, 0.29) is 5.56 Å². The fraction of sp³-hybridized carbons (Fsp3) is 0.263. The Labute approximate surface area is 135 Å². The Morgan fingerprint density at radius 1 is 1.52 bits per heavy atom. The summed E-state index contributed by atoms with van der Waals surface area (Å²) in [5.41, 5.74) is -0.207. The van der Waals surface area contributed by atoms with E-state index in [0.29, 0.717) is 23.8 Å². The van der Waals surface area contributed by atoms with Crippen LogP contribution < -0.4 is 10.9 Å². The molecule has 0 aliphatic carbocycles. The van der Waals surface area contributed by atoms with Crippen molar-refractivity contribution < 1.29 is 9.21 Å². The average molecular weight is 309 g/mol. The number of benzene rings is 1. The van der Waals surface area contributed by atoms with Gasteiger partial charge in [0.25, 0.3) is 5.91 Å². The number of allylic oxidation sites excluding steroid dienone is 1. The van der Waals surface area contributed by atoms with Gasteiger partial charge in [-0.1, -0.05) is 37.1 Å². The maximum atomic E-state index is 12.4. The van der Waals surface area contributed by atoms with E-state index in [2.05, 4.69) is 17.8 Å². The van der Waals surface area contributed by atoms with Gasteiger partial charge in [0.05, 0.1) is 5.54 Å². The maximum absolute atomic E-state index is 12.4. The highest BCUT2D eigenvalue weighted by Gasteiger charge is 2.24.